The van der Waals surface area contributed by atoms with E-state index in [0.29, 0.717) is 16.6 Å². The van der Waals surface area contributed by atoms with Crippen LogP contribution in [-0.4, -0.2) is 33.5 Å². The standard InChI is InChI=1S/C17H19N3O2S2/c21-15(20-17-19-13-5-1-2-6-14(13)24-17)12-4-3-8-18-16(12)22-11-7-9-23-10-11/h3-4,8,11H,1-2,5-7,9-10H2,(H,19,20,21). The van der Waals surface area contributed by atoms with Gasteiger partial charge in [0.25, 0.3) is 5.91 Å². The number of anilines is 1. The van der Waals surface area contributed by atoms with Crippen LogP contribution in [0.15, 0.2) is 18.3 Å². The van der Waals surface area contributed by atoms with Crippen LogP contribution >= 0.6 is 23.1 Å². The SMILES string of the molecule is O=C(Nc1nc2c(s1)CCCC2)c1cccnc1OC1CCSC1. The monoisotopic (exact) mass is 361 g/mol. The molecule has 7 heteroatoms. The first kappa shape index (κ1) is 15.9. The second-order valence-corrected chi connectivity index (χ2v) is 8.24. The van der Waals surface area contributed by atoms with Crippen LogP contribution in [0.1, 0.15) is 40.2 Å². The van der Waals surface area contributed by atoms with Crippen molar-refractivity contribution in [2.75, 3.05) is 16.8 Å². The van der Waals surface area contributed by atoms with Gasteiger partial charge in [0, 0.05) is 16.8 Å². The van der Waals surface area contributed by atoms with Crippen molar-refractivity contribution in [3.05, 3.63) is 34.5 Å². The smallest absolute Gasteiger partial charge is 0.262 e. The second kappa shape index (κ2) is 7.11. The van der Waals surface area contributed by atoms with E-state index in [2.05, 4.69) is 15.3 Å². The first-order valence-electron chi connectivity index (χ1n) is 8.29. The zero-order valence-corrected chi connectivity index (χ0v) is 14.9. The highest BCUT2D eigenvalue weighted by Gasteiger charge is 2.22. The molecule has 1 unspecified atom stereocenters. The number of aryl methyl sites for hydroxylation is 2. The number of nitrogens with one attached hydrogen (secondary N) is 1. The minimum atomic E-state index is -0.199. The average molecular weight is 361 g/mol. The summed E-state index contributed by atoms with van der Waals surface area (Å²) in [4.78, 5) is 22.8. The molecule has 3 heterocycles. The number of thiazole rings is 1. The molecule has 2 aromatic rings. The van der Waals surface area contributed by atoms with Gasteiger partial charge < -0.3 is 4.74 Å². The molecule has 1 aliphatic heterocycles. The number of pyridine rings is 1. The first-order chi connectivity index (χ1) is 11.8. The minimum absolute atomic E-state index is 0.142. The highest BCUT2D eigenvalue weighted by atomic mass is 32.2. The van der Waals surface area contributed by atoms with Crippen LogP contribution in [0, 0.1) is 0 Å². The molecule has 0 saturated carbocycles. The van der Waals surface area contributed by atoms with Crippen LogP contribution in [0.25, 0.3) is 0 Å². The van der Waals surface area contributed by atoms with E-state index in [-0.39, 0.29) is 12.0 Å². The summed E-state index contributed by atoms with van der Waals surface area (Å²) in [6.45, 7) is 0. The molecular weight excluding hydrogens is 342 g/mol. The molecule has 5 nitrogen and oxygen atoms in total. The van der Waals surface area contributed by atoms with Gasteiger partial charge in [-0.25, -0.2) is 9.97 Å². The number of nitrogens with zero attached hydrogens (tertiary/aromatic N) is 2. The Bertz CT molecular complexity index is 718. The summed E-state index contributed by atoms with van der Waals surface area (Å²) in [5, 5.41) is 3.60. The van der Waals surface area contributed by atoms with Crippen LogP contribution in [0.2, 0.25) is 0 Å². The van der Waals surface area contributed by atoms with Gasteiger partial charge >= 0.3 is 0 Å². The number of amides is 1. The molecule has 2 aromatic heterocycles. The van der Waals surface area contributed by atoms with E-state index in [1.807, 2.05) is 11.8 Å². The molecule has 0 bridgehead atoms. The number of fused-ring (bicyclic) bond motifs is 1. The molecule has 24 heavy (non-hydrogen) atoms. The summed E-state index contributed by atoms with van der Waals surface area (Å²) >= 11 is 3.46. The van der Waals surface area contributed by atoms with Gasteiger partial charge in [-0.05, 0) is 50.0 Å². The number of aromatic nitrogens is 2. The molecule has 0 spiro atoms. The number of rotatable bonds is 4. The third-order valence-corrected chi connectivity index (χ3v) is 6.45. The van der Waals surface area contributed by atoms with Gasteiger partial charge in [-0.1, -0.05) is 0 Å². The van der Waals surface area contributed by atoms with Crippen LogP contribution < -0.4 is 10.1 Å². The Kier molecular flexibility index (Phi) is 4.71. The minimum Gasteiger partial charge on any atom is -0.473 e. The molecular formula is C17H19N3O2S2. The maximum Gasteiger partial charge on any atom is 0.262 e. The maximum absolute atomic E-state index is 12.7. The predicted molar refractivity (Wildman–Crippen MR) is 97.3 cm³/mol. The Labute approximate surface area is 149 Å². The van der Waals surface area contributed by atoms with Gasteiger partial charge in [0.15, 0.2) is 5.13 Å². The quantitative estimate of drug-likeness (QED) is 0.902. The summed E-state index contributed by atoms with van der Waals surface area (Å²) in [7, 11) is 0. The van der Waals surface area contributed by atoms with E-state index in [9.17, 15) is 4.79 Å². The van der Waals surface area contributed by atoms with Crippen molar-refractivity contribution in [3.8, 4) is 5.88 Å². The highest BCUT2D eigenvalue weighted by Crippen LogP contribution is 2.30. The first-order valence-corrected chi connectivity index (χ1v) is 10.3. The molecule has 2 aliphatic rings. The number of hydrogen-bond donors (Lipinski definition) is 1. The van der Waals surface area contributed by atoms with Gasteiger partial charge in [-0.15, -0.1) is 11.3 Å². The number of carbonyl (C=O) groups is 1. The zero-order valence-electron chi connectivity index (χ0n) is 13.3. The Balaban J connectivity index is 1.50. The highest BCUT2D eigenvalue weighted by molar-refractivity contribution is 7.99. The molecule has 0 radical (unpaired) electrons. The largest absolute Gasteiger partial charge is 0.473 e. The van der Waals surface area contributed by atoms with Crippen LogP contribution in [-0.2, 0) is 12.8 Å². The number of carbonyl (C=O) groups excluding carboxylic acids is 1. The van der Waals surface area contributed by atoms with Crippen molar-refractivity contribution < 1.29 is 9.53 Å². The summed E-state index contributed by atoms with van der Waals surface area (Å²) in [6, 6.07) is 3.52. The second-order valence-electron chi connectivity index (χ2n) is 6.01. The fourth-order valence-corrected chi connectivity index (χ4v) is 5.13. The summed E-state index contributed by atoms with van der Waals surface area (Å²) < 4.78 is 5.94. The Hall–Kier alpha value is -1.60. The van der Waals surface area contributed by atoms with Crippen LogP contribution in [0.4, 0.5) is 5.13 Å². The van der Waals surface area contributed by atoms with Crippen molar-refractivity contribution in [2.45, 2.75) is 38.2 Å². The Morgan fingerprint density at radius 2 is 2.25 bits per heavy atom. The van der Waals surface area contributed by atoms with Crippen LogP contribution in [0.3, 0.4) is 0 Å². The molecule has 1 aliphatic carbocycles. The van der Waals surface area contributed by atoms with Crippen LogP contribution in [0.5, 0.6) is 5.88 Å². The fourth-order valence-electron chi connectivity index (χ4n) is 2.99. The van der Waals surface area contributed by atoms with E-state index < -0.39 is 0 Å². The van der Waals surface area contributed by atoms with Gasteiger partial charge in [-0.3, -0.25) is 10.1 Å². The molecule has 1 amide bonds. The number of thioether (sulfide) groups is 1. The van der Waals surface area contributed by atoms with E-state index in [1.54, 1.807) is 29.7 Å². The lowest BCUT2D eigenvalue weighted by molar-refractivity contribution is 0.101. The number of ether oxygens (including phenoxy) is 1. The third kappa shape index (κ3) is 3.42. The van der Waals surface area contributed by atoms with Gasteiger partial charge in [0.05, 0.1) is 5.69 Å². The molecule has 1 fully saturated rings. The van der Waals surface area contributed by atoms with Crippen molar-refractivity contribution in [2.24, 2.45) is 0 Å². The lowest BCUT2D eigenvalue weighted by Crippen LogP contribution is -2.20. The summed E-state index contributed by atoms with van der Waals surface area (Å²) in [5.74, 6) is 2.28. The van der Waals surface area contributed by atoms with E-state index in [4.69, 9.17) is 4.74 Å². The molecule has 0 aromatic carbocycles. The summed E-state index contributed by atoms with van der Waals surface area (Å²) in [5.41, 5.74) is 1.62. The van der Waals surface area contributed by atoms with Gasteiger partial charge in [0.1, 0.15) is 11.7 Å². The lowest BCUT2D eigenvalue weighted by atomic mass is 10.0. The van der Waals surface area contributed by atoms with Gasteiger partial charge in [0.2, 0.25) is 5.88 Å². The third-order valence-electron chi connectivity index (χ3n) is 4.25. The normalized spacial score (nSPS) is 19.8. The van der Waals surface area contributed by atoms with Crippen molar-refractivity contribution in [1.29, 1.82) is 0 Å². The molecule has 1 saturated heterocycles. The Morgan fingerprint density at radius 1 is 1.33 bits per heavy atom. The van der Waals surface area contributed by atoms with E-state index in [0.717, 1.165) is 36.5 Å². The topological polar surface area (TPSA) is 64.1 Å². The maximum atomic E-state index is 12.7. The predicted octanol–water partition coefficient (Wildman–Crippen LogP) is 3.55. The Morgan fingerprint density at radius 3 is 3.08 bits per heavy atom. The number of hydrogen-bond acceptors (Lipinski definition) is 6. The molecule has 4 rings (SSSR count). The van der Waals surface area contributed by atoms with E-state index >= 15 is 0 Å². The molecule has 1 atom stereocenters. The van der Waals surface area contributed by atoms with Crippen molar-refractivity contribution in [1.82, 2.24) is 9.97 Å². The zero-order chi connectivity index (χ0) is 16.4. The fraction of sp³-hybridized carbons (Fsp3) is 0.471. The molecule has 1 N–H and O–H groups in total. The van der Waals surface area contributed by atoms with E-state index in [1.165, 1.54) is 17.7 Å². The lowest BCUT2D eigenvalue weighted by Gasteiger charge is -2.14. The van der Waals surface area contributed by atoms with Gasteiger partial charge in [-0.2, -0.15) is 11.8 Å². The summed E-state index contributed by atoms with van der Waals surface area (Å²) in [6.07, 6.45) is 7.29. The van der Waals surface area contributed by atoms with Crippen molar-refractivity contribution in [3.63, 3.8) is 0 Å². The average Bonchev–Trinajstić information content (AvgIpc) is 3.24. The van der Waals surface area contributed by atoms with Crippen molar-refractivity contribution >= 4 is 34.1 Å². The molecule has 126 valence electrons.